The maximum absolute atomic E-state index is 12.0. The largest absolute Gasteiger partial charge is 0.345 e. The van der Waals surface area contributed by atoms with Gasteiger partial charge in [-0.25, -0.2) is 0 Å². The van der Waals surface area contributed by atoms with Crippen LogP contribution in [0.5, 0.6) is 0 Å². The minimum atomic E-state index is -0.212. The highest BCUT2D eigenvalue weighted by atomic mass is 32.1. The molecular weight excluding hydrogens is 284 g/mol. The fourth-order valence-corrected chi connectivity index (χ4v) is 2.74. The van der Waals surface area contributed by atoms with Crippen molar-refractivity contribution >= 4 is 17.2 Å². The predicted molar refractivity (Wildman–Crippen MR) is 82.0 cm³/mol. The van der Waals surface area contributed by atoms with Crippen LogP contribution in [0, 0.1) is 6.92 Å². The Kier molecular flexibility index (Phi) is 3.79. The molecule has 0 aliphatic carbocycles. The van der Waals surface area contributed by atoms with Crippen LogP contribution in [-0.4, -0.2) is 21.1 Å². The van der Waals surface area contributed by atoms with Crippen molar-refractivity contribution in [1.82, 2.24) is 20.5 Å². The van der Waals surface area contributed by atoms with Crippen molar-refractivity contribution in [3.8, 4) is 10.6 Å². The van der Waals surface area contributed by atoms with E-state index in [1.54, 1.807) is 23.6 Å². The molecule has 106 valence electrons. The number of aromatic nitrogens is 3. The summed E-state index contributed by atoms with van der Waals surface area (Å²) in [4.78, 5) is 18.5. The van der Waals surface area contributed by atoms with Gasteiger partial charge in [0.15, 0.2) is 5.69 Å². The van der Waals surface area contributed by atoms with Crippen molar-refractivity contribution in [1.29, 1.82) is 0 Å². The van der Waals surface area contributed by atoms with Crippen molar-refractivity contribution in [2.45, 2.75) is 13.5 Å². The lowest BCUT2D eigenvalue weighted by atomic mass is 10.3. The highest BCUT2D eigenvalue weighted by Gasteiger charge is 2.12. The maximum Gasteiger partial charge on any atom is 0.272 e. The van der Waals surface area contributed by atoms with Crippen LogP contribution in [0.2, 0.25) is 0 Å². The average Bonchev–Trinajstić information content (AvgIpc) is 3.14. The molecule has 0 unspecified atom stereocenters. The van der Waals surface area contributed by atoms with Crippen molar-refractivity contribution in [2.75, 3.05) is 0 Å². The molecule has 5 nitrogen and oxygen atoms in total. The van der Waals surface area contributed by atoms with Gasteiger partial charge in [-0.1, -0.05) is 6.07 Å². The number of H-pyrrole nitrogens is 1. The van der Waals surface area contributed by atoms with Crippen molar-refractivity contribution in [3.63, 3.8) is 0 Å². The summed E-state index contributed by atoms with van der Waals surface area (Å²) in [6.07, 6.45) is 1.70. The molecule has 0 aromatic carbocycles. The second kappa shape index (κ2) is 5.88. The number of thiophene rings is 1. The molecule has 6 heteroatoms. The zero-order valence-corrected chi connectivity index (χ0v) is 12.3. The van der Waals surface area contributed by atoms with E-state index in [4.69, 9.17) is 0 Å². The fourth-order valence-electron chi connectivity index (χ4n) is 1.91. The highest BCUT2D eigenvalue weighted by Crippen LogP contribution is 2.26. The summed E-state index contributed by atoms with van der Waals surface area (Å²) >= 11 is 1.66. The summed E-state index contributed by atoms with van der Waals surface area (Å²) in [5, 5.41) is 9.77. The first-order chi connectivity index (χ1) is 10.2. The van der Waals surface area contributed by atoms with Crippen LogP contribution < -0.4 is 5.32 Å². The molecule has 0 radical (unpaired) electrons. The lowest BCUT2D eigenvalue weighted by molar-refractivity contribution is 0.0945. The summed E-state index contributed by atoms with van der Waals surface area (Å²) in [6.45, 7) is 2.44. The normalized spacial score (nSPS) is 10.5. The molecule has 21 heavy (non-hydrogen) atoms. The first kappa shape index (κ1) is 13.5. The van der Waals surface area contributed by atoms with E-state index in [1.807, 2.05) is 37.3 Å². The van der Waals surface area contributed by atoms with Gasteiger partial charge in [0.2, 0.25) is 0 Å². The van der Waals surface area contributed by atoms with Gasteiger partial charge in [-0.05, 0) is 37.3 Å². The molecule has 0 aliphatic rings. The minimum absolute atomic E-state index is 0.212. The number of aromatic amines is 1. The molecule has 0 fully saturated rings. The highest BCUT2D eigenvalue weighted by molar-refractivity contribution is 7.15. The molecule has 0 bridgehead atoms. The minimum Gasteiger partial charge on any atom is -0.345 e. The third-order valence-corrected chi connectivity index (χ3v) is 4.01. The van der Waals surface area contributed by atoms with Crippen LogP contribution in [0.1, 0.15) is 21.1 Å². The lowest BCUT2D eigenvalue weighted by Crippen LogP contribution is -2.23. The first-order valence-electron chi connectivity index (χ1n) is 6.53. The van der Waals surface area contributed by atoms with Gasteiger partial charge in [0.25, 0.3) is 5.91 Å². The summed E-state index contributed by atoms with van der Waals surface area (Å²) in [5.74, 6) is -0.212. The molecule has 0 saturated heterocycles. The van der Waals surface area contributed by atoms with Gasteiger partial charge in [0, 0.05) is 11.1 Å². The number of carbonyl (C=O) groups excluding carboxylic acids is 1. The molecule has 3 aromatic rings. The number of nitrogens with zero attached hydrogens (tertiary/aromatic N) is 2. The van der Waals surface area contributed by atoms with E-state index < -0.39 is 0 Å². The van der Waals surface area contributed by atoms with Gasteiger partial charge in [0.05, 0.1) is 22.8 Å². The Morgan fingerprint density at radius 2 is 2.24 bits per heavy atom. The van der Waals surface area contributed by atoms with E-state index in [0.29, 0.717) is 12.2 Å². The summed E-state index contributed by atoms with van der Waals surface area (Å²) in [6, 6.07) is 11.4. The zero-order chi connectivity index (χ0) is 14.7. The van der Waals surface area contributed by atoms with Crippen LogP contribution in [0.4, 0.5) is 0 Å². The topological polar surface area (TPSA) is 70.7 Å². The Morgan fingerprint density at radius 1 is 1.33 bits per heavy atom. The zero-order valence-electron chi connectivity index (χ0n) is 11.5. The first-order valence-corrected chi connectivity index (χ1v) is 7.34. The maximum atomic E-state index is 12.0. The summed E-state index contributed by atoms with van der Waals surface area (Å²) in [5.41, 5.74) is 2.05. The third kappa shape index (κ3) is 3.17. The molecule has 3 rings (SSSR count). The van der Waals surface area contributed by atoms with Crippen LogP contribution in [0.3, 0.4) is 0 Å². The number of pyridine rings is 1. The molecule has 0 saturated carbocycles. The second-order valence-electron chi connectivity index (χ2n) is 4.58. The molecule has 3 aromatic heterocycles. The number of amides is 1. The molecular formula is C15H14N4OS. The number of aryl methyl sites for hydroxylation is 1. The van der Waals surface area contributed by atoms with Gasteiger partial charge in [0.1, 0.15) is 0 Å². The number of carbonyl (C=O) groups is 1. The summed E-state index contributed by atoms with van der Waals surface area (Å²) < 4.78 is 0. The van der Waals surface area contributed by atoms with Crippen LogP contribution in [0.25, 0.3) is 10.6 Å². The number of rotatable bonds is 4. The second-order valence-corrected chi connectivity index (χ2v) is 5.87. The number of nitrogens with one attached hydrogen (secondary N) is 2. The Morgan fingerprint density at radius 3 is 2.95 bits per heavy atom. The van der Waals surface area contributed by atoms with Crippen molar-refractivity contribution in [2.24, 2.45) is 0 Å². The van der Waals surface area contributed by atoms with Gasteiger partial charge in [-0.2, -0.15) is 5.10 Å². The lowest BCUT2D eigenvalue weighted by Gasteiger charge is -2.01. The van der Waals surface area contributed by atoms with Crippen LogP contribution >= 0.6 is 11.3 Å². The Labute approximate surface area is 126 Å². The molecule has 0 atom stereocenters. The Balaban J connectivity index is 1.67. The van der Waals surface area contributed by atoms with Gasteiger partial charge in [-0.3, -0.25) is 14.9 Å². The molecule has 1 amide bonds. The SMILES string of the molecule is Cc1ccc(-c2cc(C(=O)NCc3ccccn3)n[nH]2)s1. The van der Waals surface area contributed by atoms with Gasteiger partial charge in [-0.15, -0.1) is 11.3 Å². The summed E-state index contributed by atoms with van der Waals surface area (Å²) in [7, 11) is 0. The standard InChI is InChI=1S/C15H14N4OS/c1-10-5-6-14(21-10)12-8-13(19-18-12)15(20)17-9-11-4-2-3-7-16-11/h2-8H,9H2,1H3,(H,17,20)(H,18,19). The quantitative estimate of drug-likeness (QED) is 0.778. The number of hydrogen-bond acceptors (Lipinski definition) is 4. The van der Waals surface area contributed by atoms with Crippen molar-refractivity contribution in [3.05, 3.63) is 58.9 Å². The van der Waals surface area contributed by atoms with E-state index in [1.165, 1.54) is 4.88 Å². The monoisotopic (exact) mass is 298 g/mol. The van der Waals surface area contributed by atoms with E-state index in [-0.39, 0.29) is 5.91 Å². The number of hydrogen-bond donors (Lipinski definition) is 2. The van der Waals surface area contributed by atoms with Crippen LogP contribution in [0.15, 0.2) is 42.6 Å². The average molecular weight is 298 g/mol. The predicted octanol–water partition coefficient (Wildman–Crippen LogP) is 2.77. The van der Waals surface area contributed by atoms with E-state index in [0.717, 1.165) is 16.3 Å². The van der Waals surface area contributed by atoms with Crippen LogP contribution in [-0.2, 0) is 6.54 Å². The third-order valence-electron chi connectivity index (χ3n) is 2.97. The smallest absolute Gasteiger partial charge is 0.272 e. The van der Waals surface area contributed by atoms with Crippen molar-refractivity contribution < 1.29 is 4.79 Å². The Hall–Kier alpha value is -2.47. The Bertz CT molecular complexity index is 748. The van der Waals surface area contributed by atoms with E-state index in [9.17, 15) is 4.79 Å². The molecule has 2 N–H and O–H groups in total. The molecule has 3 heterocycles. The molecule has 0 spiro atoms. The van der Waals surface area contributed by atoms with E-state index in [2.05, 4.69) is 20.5 Å². The fraction of sp³-hybridized carbons (Fsp3) is 0.133. The molecule has 0 aliphatic heterocycles. The van der Waals surface area contributed by atoms with Gasteiger partial charge < -0.3 is 5.32 Å². The van der Waals surface area contributed by atoms with Gasteiger partial charge >= 0.3 is 0 Å². The van der Waals surface area contributed by atoms with E-state index >= 15 is 0 Å².